The van der Waals surface area contributed by atoms with Crippen LogP contribution in [0, 0.1) is 5.41 Å². The number of amides is 4. The molecule has 0 aliphatic carbocycles. The molecule has 28 heavy (non-hydrogen) atoms. The number of imide groups is 2. The van der Waals surface area contributed by atoms with Crippen LogP contribution in [0.5, 0.6) is 0 Å². The van der Waals surface area contributed by atoms with Crippen molar-refractivity contribution in [2.45, 2.75) is 73.8 Å². The van der Waals surface area contributed by atoms with E-state index in [0.717, 1.165) is 10.5 Å². The smallest absolute Gasteiger partial charge is 0.260 e. The van der Waals surface area contributed by atoms with Crippen molar-refractivity contribution in [3.8, 4) is 0 Å². The Hall–Kier alpha value is -2.50. The Morgan fingerprint density at radius 2 is 1.68 bits per heavy atom. The Morgan fingerprint density at radius 3 is 2.25 bits per heavy atom. The molecule has 0 aromatic heterocycles. The maximum Gasteiger partial charge on any atom is 0.260 e. The molecule has 0 spiro atoms. The van der Waals surface area contributed by atoms with Crippen LogP contribution in [-0.2, 0) is 19.2 Å². The fraction of sp³-hybridized carbons (Fsp3) is 0.545. The average molecular weight is 391 g/mol. The second-order valence-corrected chi connectivity index (χ2v) is 7.06. The predicted molar refractivity (Wildman–Crippen MR) is 111 cm³/mol. The van der Waals surface area contributed by atoms with E-state index in [2.05, 4.69) is 11.9 Å². The Morgan fingerprint density at radius 1 is 1.11 bits per heavy atom. The Labute approximate surface area is 168 Å². The van der Waals surface area contributed by atoms with Gasteiger partial charge in [0.25, 0.3) is 5.91 Å². The third kappa shape index (κ3) is 6.91. The van der Waals surface area contributed by atoms with Gasteiger partial charge in [-0.15, -0.1) is 0 Å². The van der Waals surface area contributed by atoms with E-state index in [9.17, 15) is 19.2 Å². The van der Waals surface area contributed by atoms with Crippen molar-refractivity contribution in [3.05, 3.63) is 36.0 Å². The van der Waals surface area contributed by atoms with E-state index >= 15 is 0 Å². The summed E-state index contributed by atoms with van der Waals surface area (Å²) in [7, 11) is 0. The van der Waals surface area contributed by atoms with Crippen LogP contribution in [0.2, 0.25) is 0 Å². The molecule has 1 fully saturated rings. The van der Waals surface area contributed by atoms with Gasteiger partial charge in [0.05, 0.1) is 0 Å². The van der Waals surface area contributed by atoms with Crippen LogP contribution in [0.3, 0.4) is 0 Å². The van der Waals surface area contributed by atoms with E-state index in [1.165, 1.54) is 0 Å². The molecule has 6 heteroatoms. The van der Waals surface area contributed by atoms with Gasteiger partial charge in [-0.25, -0.2) is 0 Å². The summed E-state index contributed by atoms with van der Waals surface area (Å²) in [5, 5.41) is 2.27. The van der Waals surface area contributed by atoms with Gasteiger partial charge < -0.3 is 0 Å². The van der Waals surface area contributed by atoms with E-state index in [4.69, 9.17) is 0 Å². The van der Waals surface area contributed by atoms with Gasteiger partial charge in [-0.1, -0.05) is 65.8 Å². The Bertz CT molecular complexity index is 687. The largest absolute Gasteiger partial charge is 0.295 e. The molecule has 1 saturated heterocycles. The second-order valence-electron chi connectivity index (χ2n) is 7.06. The molecule has 0 saturated carbocycles. The number of rotatable bonds is 1. The van der Waals surface area contributed by atoms with E-state index in [1.807, 2.05) is 41.5 Å². The number of allylic oxidation sites excluding steroid dienone is 2. The molecule has 0 radical (unpaired) electrons. The minimum absolute atomic E-state index is 0.00234. The van der Waals surface area contributed by atoms with Crippen LogP contribution in [0.4, 0.5) is 0 Å². The summed E-state index contributed by atoms with van der Waals surface area (Å²) in [5.41, 5.74) is 0.417. The monoisotopic (exact) mass is 390 g/mol. The van der Waals surface area contributed by atoms with Crippen LogP contribution < -0.4 is 5.32 Å². The van der Waals surface area contributed by atoms with Gasteiger partial charge in [0, 0.05) is 18.4 Å². The van der Waals surface area contributed by atoms with E-state index < -0.39 is 35.1 Å². The van der Waals surface area contributed by atoms with E-state index in [-0.39, 0.29) is 24.8 Å². The van der Waals surface area contributed by atoms with E-state index in [1.54, 1.807) is 25.2 Å². The summed E-state index contributed by atoms with van der Waals surface area (Å²) in [6.07, 6.45) is 5.35. The highest BCUT2D eigenvalue weighted by Crippen LogP contribution is 2.32. The fourth-order valence-electron chi connectivity index (χ4n) is 3.01. The first kappa shape index (κ1) is 25.5. The summed E-state index contributed by atoms with van der Waals surface area (Å²) >= 11 is 0. The van der Waals surface area contributed by atoms with Gasteiger partial charge in [0.15, 0.2) is 0 Å². The van der Waals surface area contributed by atoms with Crippen LogP contribution in [0.15, 0.2) is 36.0 Å². The lowest BCUT2D eigenvalue weighted by Gasteiger charge is -2.32. The SMILES string of the molecule is C=C1/C=C(C)\C=C/CC(=O)N(C2CC(C)(C)CC(=O)NC2=O)C1=O.CC.CC. The summed E-state index contributed by atoms with van der Waals surface area (Å²) < 4.78 is 0. The van der Waals surface area contributed by atoms with Crippen molar-refractivity contribution in [1.29, 1.82) is 0 Å². The van der Waals surface area contributed by atoms with Gasteiger partial charge in [0.1, 0.15) is 6.04 Å². The number of carbonyl (C=O) groups excluding carboxylic acids is 4. The van der Waals surface area contributed by atoms with Gasteiger partial charge >= 0.3 is 0 Å². The number of nitrogens with one attached hydrogen (secondary N) is 1. The molecule has 2 aliphatic heterocycles. The van der Waals surface area contributed by atoms with Crippen molar-refractivity contribution >= 4 is 23.6 Å². The molecular formula is C22H34N2O4. The molecule has 2 heterocycles. The molecule has 1 N–H and O–H groups in total. The second kappa shape index (κ2) is 11.4. The first-order valence-corrected chi connectivity index (χ1v) is 9.84. The van der Waals surface area contributed by atoms with Crippen LogP contribution in [0.25, 0.3) is 0 Å². The van der Waals surface area contributed by atoms with Crippen LogP contribution >= 0.6 is 0 Å². The van der Waals surface area contributed by atoms with Crippen LogP contribution in [0.1, 0.15) is 67.7 Å². The molecule has 0 aromatic carbocycles. The quantitative estimate of drug-likeness (QED) is 0.547. The van der Waals surface area contributed by atoms with Crippen molar-refractivity contribution in [3.63, 3.8) is 0 Å². The average Bonchev–Trinajstić information content (AvgIpc) is 2.69. The zero-order valence-corrected chi connectivity index (χ0v) is 18.2. The zero-order valence-electron chi connectivity index (χ0n) is 18.2. The number of nitrogens with zero attached hydrogens (tertiary/aromatic N) is 1. The normalized spacial score (nSPS) is 25.2. The van der Waals surface area contributed by atoms with Crippen LogP contribution in [-0.4, -0.2) is 34.6 Å². The van der Waals surface area contributed by atoms with Crippen molar-refractivity contribution < 1.29 is 19.2 Å². The first-order valence-electron chi connectivity index (χ1n) is 9.84. The molecule has 6 nitrogen and oxygen atoms in total. The number of hydrogen-bond donors (Lipinski definition) is 1. The highest BCUT2D eigenvalue weighted by Gasteiger charge is 2.42. The molecule has 4 amide bonds. The zero-order chi connectivity index (χ0) is 22.1. The molecule has 0 aromatic rings. The standard InChI is InChI=1S/C18H22N2O4.2C2H6/c1-11-6-5-7-15(22)20(17(24)12(2)8-11)13-9-18(3,4)10-14(21)19-16(13)23;2*1-2/h5-6,8,13H,2,7,9-10H2,1,3-4H3,(H,19,21,23);2*1-2H3/b6-5-,11-8-;;. The molecule has 2 rings (SSSR count). The maximum absolute atomic E-state index is 12.7. The Balaban J connectivity index is 0.00000171. The van der Waals surface area contributed by atoms with E-state index in [0.29, 0.717) is 0 Å². The first-order chi connectivity index (χ1) is 13.1. The highest BCUT2D eigenvalue weighted by molar-refractivity contribution is 6.10. The molecule has 1 atom stereocenters. The minimum Gasteiger partial charge on any atom is -0.295 e. The van der Waals surface area contributed by atoms with Crippen molar-refractivity contribution in [2.75, 3.05) is 0 Å². The minimum atomic E-state index is -1.02. The molecule has 0 bridgehead atoms. The highest BCUT2D eigenvalue weighted by atomic mass is 16.2. The third-order valence-electron chi connectivity index (χ3n) is 4.10. The summed E-state index contributed by atoms with van der Waals surface area (Å²) in [4.78, 5) is 50.5. The van der Waals surface area contributed by atoms with Crippen molar-refractivity contribution in [2.24, 2.45) is 5.41 Å². The van der Waals surface area contributed by atoms with Crippen molar-refractivity contribution in [1.82, 2.24) is 10.2 Å². The predicted octanol–water partition coefficient (Wildman–Crippen LogP) is 3.69. The fourth-order valence-corrected chi connectivity index (χ4v) is 3.01. The van der Waals surface area contributed by atoms with Gasteiger partial charge in [-0.05, 0) is 24.8 Å². The molecule has 156 valence electrons. The maximum atomic E-state index is 12.7. The molecule has 2 aliphatic rings. The lowest BCUT2D eigenvalue weighted by Crippen LogP contribution is -2.52. The lowest BCUT2D eigenvalue weighted by atomic mass is 9.82. The lowest BCUT2D eigenvalue weighted by molar-refractivity contribution is -0.150. The van der Waals surface area contributed by atoms with Gasteiger partial charge in [0.2, 0.25) is 17.7 Å². The third-order valence-corrected chi connectivity index (χ3v) is 4.10. The van der Waals surface area contributed by atoms with Gasteiger partial charge in [-0.2, -0.15) is 0 Å². The summed E-state index contributed by atoms with van der Waals surface area (Å²) in [6.45, 7) is 17.2. The molecular weight excluding hydrogens is 356 g/mol. The van der Waals surface area contributed by atoms with Gasteiger partial charge in [-0.3, -0.25) is 29.4 Å². The summed E-state index contributed by atoms with van der Waals surface area (Å²) in [5.74, 6) is -2.10. The summed E-state index contributed by atoms with van der Waals surface area (Å²) in [6, 6.07) is -1.02. The molecule has 1 unspecified atom stereocenters. The Kier molecular flexibility index (Phi) is 10.4. The number of carbonyl (C=O) groups is 4. The topological polar surface area (TPSA) is 83.6 Å². The number of hydrogen-bond acceptors (Lipinski definition) is 4.